The lowest BCUT2D eigenvalue weighted by molar-refractivity contribution is 0.357. The first-order valence-corrected chi connectivity index (χ1v) is 7.55. The summed E-state index contributed by atoms with van der Waals surface area (Å²) < 4.78 is 27.3. The van der Waals surface area contributed by atoms with Crippen LogP contribution in [-0.4, -0.2) is 54.7 Å². The Labute approximate surface area is 113 Å². The van der Waals surface area contributed by atoms with Crippen LogP contribution in [0.1, 0.15) is 24.6 Å². The predicted octanol–water partition coefficient (Wildman–Crippen LogP) is 0.462. The van der Waals surface area contributed by atoms with Crippen LogP contribution in [0.2, 0.25) is 0 Å². The SMILES string of the molecule is CNc1cncc(C2CCCN2S(=O)(=O)N(C)C)n1. The van der Waals surface area contributed by atoms with Gasteiger partial charge in [-0.3, -0.25) is 4.98 Å². The average molecular weight is 285 g/mol. The third-order valence-electron chi connectivity index (χ3n) is 3.21. The minimum Gasteiger partial charge on any atom is -0.372 e. The summed E-state index contributed by atoms with van der Waals surface area (Å²) in [7, 11) is 1.43. The zero-order valence-electron chi connectivity index (χ0n) is 11.4. The second-order valence-corrected chi connectivity index (χ2v) is 6.73. The fourth-order valence-corrected chi connectivity index (χ4v) is 3.50. The van der Waals surface area contributed by atoms with E-state index in [2.05, 4.69) is 15.3 Å². The van der Waals surface area contributed by atoms with Gasteiger partial charge in [0.05, 0.1) is 24.1 Å². The van der Waals surface area contributed by atoms with E-state index in [1.807, 2.05) is 0 Å². The molecule has 1 aliphatic rings. The number of hydrogen-bond donors (Lipinski definition) is 1. The van der Waals surface area contributed by atoms with E-state index < -0.39 is 10.2 Å². The van der Waals surface area contributed by atoms with Crippen molar-refractivity contribution in [3.63, 3.8) is 0 Å². The summed E-state index contributed by atoms with van der Waals surface area (Å²) in [6.45, 7) is 0.524. The van der Waals surface area contributed by atoms with Crippen LogP contribution in [0.4, 0.5) is 5.82 Å². The van der Waals surface area contributed by atoms with Crippen LogP contribution in [0.25, 0.3) is 0 Å². The number of nitrogens with one attached hydrogen (secondary N) is 1. The first-order chi connectivity index (χ1) is 8.96. The normalized spacial score (nSPS) is 20.9. The molecular formula is C11H19N5O2S. The molecule has 7 nitrogen and oxygen atoms in total. The van der Waals surface area contributed by atoms with Gasteiger partial charge < -0.3 is 5.32 Å². The minimum absolute atomic E-state index is 0.229. The highest BCUT2D eigenvalue weighted by molar-refractivity contribution is 7.86. The molecule has 1 fully saturated rings. The van der Waals surface area contributed by atoms with Crippen molar-refractivity contribution in [1.82, 2.24) is 18.6 Å². The van der Waals surface area contributed by atoms with Crippen molar-refractivity contribution in [2.45, 2.75) is 18.9 Å². The molecule has 0 aliphatic carbocycles. The molecule has 1 aliphatic heterocycles. The van der Waals surface area contributed by atoms with Gasteiger partial charge in [-0.25, -0.2) is 4.98 Å². The number of aromatic nitrogens is 2. The molecule has 0 amide bonds. The topological polar surface area (TPSA) is 78.4 Å². The van der Waals surface area contributed by atoms with Crippen LogP contribution in [-0.2, 0) is 10.2 Å². The smallest absolute Gasteiger partial charge is 0.282 e. The molecule has 1 atom stereocenters. The van der Waals surface area contributed by atoms with Gasteiger partial charge in [0.1, 0.15) is 5.82 Å². The molecule has 2 heterocycles. The molecule has 106 valence electrons. The molecule has 8 heteroatoms. The lowest BCUT2D eigenvalue weighted by Gasteiger charge is -2.26. The van der Waals surface area contributed by atoms with Crippen molar-refractivity contribution >= 4 is 16.0 Å². The van der Waals surface area contributed by atoms with Gasteiger partial charge in [0.25, 0.3) is 10.2 Å². The number of hydrogen-bond acceptors (Lipinski definition) is 5. The Morgan fingerprint density at radius 3 is 2.79 bits per heavy atom. The molecule has 1 aromatic rings. The van der Waals surface area contributed by atoms with Crippen LogP contribution in [0, 0.1) is 0 Å². The van der Waals surface area contributed by atoms with Gasteiger partial charge in [-0.15, -0.1) is 0 Å². The standard InChI is InChI=1S/C11H19N5O2S/c1-12-11-8-13-7-9(14-11)10-5-4-6-16(10)19(17,18)15(2)3/h7-8,10H,4-6H2,1-3H3,(H,12,14). The van der Waals surface area contributed by atoms with Crippen LogP contribution < -0.4 is 5.32 Å². The zero-order chi connectivity index (χ0) is 14.0. The van der Waals surface area contributed by atoms with Crippen molar-refractivity contribution < 1.29 is 8.42 Å². The van der Waals surface area contributed by atoms with Gasteiger partial charge in [0.2, 0.25) is 0 Å². The third-order valence-corrected chi connectivity index (χ3v) is 5.16. The van der Waals surface area contributed by atoms with Gasteiger partial charge in [0.15, 0.2) is 0 Å². The van der Waals surface area contributed by atoms with E-state index in [0.29, 0.717) is 18.1 Å². The Balaban J connectivity index is 2.33. The highest BCUT2D eigenvalue weighted by Crippen LogP contribution is 2.33. The summed E-state index contributed by atoms with van der Waals surface area (Å²) in [5.41, 5.74) is 0.690. The van der Waals surface area contributed by atoms with Gasteiger partial charge in [-0.2, -0.15) is 17.0 Å². The lowest BCUT2D eigenvalue weighted by Crippen LogP contribution is -2.39. The summed E-state index contributed by atoms with van der Waals surface area (Å²) in [5.74, 6) is 0.645. The molecule has 1 saturated heterocycles. The maximum absolute atomic E-state index is 12.3. The second kappa shape index (κ2) is 5.40. The Bertz CT molecular complexity index is 546. The van der Waals surface area contributed by atoms with Crippen molar-refractivity contribution in [2.75, 3.05) is 33.0 Å². The van der Waals surface area contributed by atoms with Gasteiger partial charge in [-0.1, -0.05) is 0 Å². The van der Waals surface area contributed by atoms with E-state index in [1.165, 1.54) is 8.61 Å². The van der Waals surface area contributed by atoms with E-state index in [1.54, 1.807) is 33.5 Å². The zero-order valence-corrected chi connectivity index (χ0v) is 12.2. The number of anilines is 1. The summed E-state index contributed by atoms with van der Waals surface area (Å²) >= 11 is 0. The quantitative estimate of drug-likeness (QED) is 0.869. The summed E-state index contributed by atoms with van der Waals surface area (Å²) in [4.78, 5) is 8.50. The van der Waals surface area contributed by atoms with E-state index >= 15 is 0 Å². The largest absolute Gasteiger partial charge is 0.372 e. The van der Waals surface area contributed by atoms with Crippen molar-refractivity contribution in [3.8, 4) is 0 Å². The fourth-order valence-electron chi connectivity index (χ4n) is 2.18. The van der Waals surface area contributed by atoms with Gasteiger partial charge >= 0.3 is 0 Å². The van der Waals surface area contributed by atoms with E-state index in [4.69, 9.17) is 0 Å². The summed E-state index contributed by atoms with van der Waals surface area (Å²) in [6.07, 6.45) is 4.86. The molecular weight excluding hydrogens is 266 g/mol. The fraction of sp³-hybridized carbons (Fsp3) is 0.636. The van der Waals surface area contributed by atoms with Crippen molar-refractivity contribution in [2.24, 2.45) is 0 Å². The van der Waals surface area contributed by atoms with Crippen LogP contribution >= 0.6 is 0 Å². The van der Waals surface area contributed by atoms with Gasteiger partial charge in [0, 0.05) is 27.7 Å². The summed E-state index contributed by atoms with van der Waals surface area (Å²) in [5, 5.41) is 2.92. The summed E-state index contributed by atoms with van der Waals surface area (Å²) in [6, 6.07) is -0.229. The second-order valence-electron chi connectivity index (χ2n) is 4.64. The van der Waals surface area contributed by atoms with Crippen molar-refractivity contribution in [3.05, 3.63) is 18.1 Å². The molecule has 0 aromatic carbocycles. The maximum atomic E-state index is 12.3. The molecule has 1 N–H and O–H groups in total. The molecule has 0 saturated carbocycles. The molecule has 0 radical (unpaired) electrons. The van der Waals surface area contributed by atoms with Crippen LogP contribution in [0.15, 0.2) is 12.4 Å². The first-order valence-electron chi connectivity index (χ1n) is 6.16. The Kier molecular flexibility index (Phi) is 4.02. The molecule has 19 heavy (non-hydrogen) atoms. The first kappa shape index (κ1) is 14.2. The maximum Gasteiger partial charge on any atom is 0.282 e. The van der Waals surface area contributed by atoms with Crippen molar-refractivity contribution in [1.29, 1.82) is 0 Å². The predicted molar refractivity (Wildman–Crippen MR) is 72.9 cm³/mol. The minimum atomic E-state index is -3.42. The molecule has 1 aromatic heterocycles. The molecule has 0 bridgehead atoms. The molecule has 2 rings (SSSR count). The highest BCUT2D eigenvalue weighted by Gasteiger charge is 2.37. The average Bonchev–Trinajstić information content (AvgIpc) is 2.88. The van der Waals surface area contributed by atoms with E-state index in [9.17, 15) is 8.42 Å². The molecule has 1 unspecified atom stereocenters. The van der Waals surface area contributed by atoms with Crippen LogP contribution in [0.3, 0.4) is 0 Å². The van der Waals surface area contributed by atoms with Crippen LogP contribution in [0.5, 0.6) is 0 Å². The molecule has 0 spiro atoms. The van der Waals surface area contributed by atoms with E-state index in [0.717, 1.165) is 12.8 Å². The number of nitrogens with zero attached hydrogens (tertiary/aromatic N) is 4. The Morgan fingerprint density at radius 1 is 1.42 bits per heavy atom. The highest BCUT2D eigenvalue weighted by atomic mass is 32.2. The Morgan fingerprint density at radius 2 is 2.16 bits per heavy atom. The van der Waals surface area contributed by atoms with Gasteiger partial charge in [-0.05, 0) is 12.8 Å². The lowest BCUT2D eigenvalue weighted by atomic mass is 10.2. The Hall–Kier alpha value is -1.25. The monoisotopic (exact) mass is 285 g/mol. The third kappa shape index (κ3) is 2.70. The number of rotatable bonds is 4. The van der Waals surface area contributed by atoms with E-state index in [-0.39, 0.29) is 6.04 Å².